The first-order chi connectivity index (χ1) is 11.6. The molecule has 1 atom stereocenters. The molecule has 0 aliphatic carbocycles. The highest BCUT2D eigenvalue weighted by Gasteiger charge is 2.17. The van der Waals surface area contributed by atoms with E-state index in [4.69, 9.17) is 4.74 Å². The van der Waals surface area contributed by atoms with Gasteiger partial charge >= 0.3 is 0 Å². The van der Waals surface area contributed by atoms with E-state index in [1.54, 1.807) is 6.20 Å². The summed E-state index contributed by atoms with van der Waals surface area (Å²) in [5.74, 6) is 3.04. The highest BCUT2D eigenvalue weighted by Crippen LogP contribution is 2.16. The predicted octanol–water partition coefficient (Wildman–Crippen LogP) is 2.83. The molecule has 1 unspecified atom stereocenters. The highest BCUT2D eigenvalue weighted by molar-refractivity contribution is 5.41. The molecule has 3 heterocycles. The van der Waals surface area contributed by atoms with Gasteiger partial charge in [0.1, 0.15) is 17.5 Å². The first kappa shape index (κ1) is 16.6. The van der Waals surface area contributed by atoms with Gasteiger partial charge in [0, 0.05) is 37.9 Å². The van der Waals surface area contributed by atoms with E-state index in [-0.39, 0.29) is 6.10 Å². The minimum atomic E-state index is 0.259. The molecule has 0 aromatic carbocycles. The van der Waals surface area contributed by atoms with Gasteiger partial charge in [0.05, 0.1) is 12.7 Å². The molecule has 1 fully saturated rings. The molecular weight excluding hydrogens is 302 g/mol. The number of hydrogen-bond donors (Lipinski definition) is 1. The first-order valence-electron chi connectivity index (χ1n) is 8.50. The van der Waals surface area contributed by atoms with Crippen LogP contribution in [-0.2, 0) is 11.3 Å². The van der Waals surface area contributed by atoms with Gasteiger partial charge < -0.3 is 15.0 Å². The summed E-state index contributed by atoms with van der Waals surface area (Å²) in [5.41, 5.74) is 1.13. The number of anilines is 2. The van der Waals surface area contributed by atoms with Crippen LogP contribution in [0.25, 0.3) is 0 Å². The fraction of sp³-hybridized carbons (Fsp3) is 0.500. The van der Waals surface area contributed by atoms with Crippen LogP contribution in [0.2, 0.25) is 0 Å². The van der Waals surface area contributed by atoms with Gasteiger partial charge in [-0.2, -0.15) is 0 Å². The van der Waals surface area contributed by atoms with Crippen LogP contribution in [0.15, 0.2) is 30.6 Å². The van der Waals surface area contributed by atoms with E-state index in [2.05, 4.69) is 58.1 Å². The molecule has 6 heteroatoms. The second-order valence-corrected chi connectivity index (χ2v) is 6.46. The monoisotopic (exact) mass is 327 g/mol. The molecule has 0 amide bonds. The Morgan fingerprint density at radius 2 is 2.17 bits per heavy atom. The average Bonchev–Trinajstić information content (AvgIpc) is 2.61. The Kier molecular flexibility index (Phi) is 5.25. The third-order valence-electron chi connectivity index (χ3n) is 4.04. The summed E-state index contributed by atoms with van der Waals surface area (Å²) >= 11 is 0. The molecule has 0 bridgehead atoms. The Hall–Kier alpha value is -2.21. The van der Waals surface area contributed by atoms with Crippen molar-refractivity contribution in [3.8, 4) is 0 Å². The molecule has 2 aromatic heterocycles. The van der Waals surface area contributed by atoms with Crippen molar-refractivity contribution in [1.29, 1.82) is 0 Å². The van der Waals surface area contributed by atoms with Crippen LogP contribution >= 0.6 is 0 Å². The molecule has 1 aliphatic rings. The van der Waals surface area contributed by atoms with Gasteiger partial charge in [-0.25, -0.2) is 15.0 Å². The molecule has 0 radical (unpaired) electrons. The van der Waals surface area contributed by atoms with E-state index >= 15 is 0 Å². The van der Waals surface area contributed by atoms with Crippen LogP contribution in [0, 0.1) is 0 Å². The number of rotatable bonds is 5. The zero-order chi connectivity index (χ0) is 16.9. The Morgan fingerprint density at radius 3 is 2.88 bits per heavy atom. The Bertz CT molecular complexity index is 659. The molecule has 2 aromatic rings. The minimum Gasteiger partial charge on any atom is -0.375 e. The number of morpholine rings is 1. The second kappa shape index (κ2) is 7.57. The number of nitrogens with one attached hydrogen (secondary N) is 1. The summed E-state index contributed by atoms with van der Waals surface area (Å²) in [6.45, 7) is 9.52. The standard InChI is InChI=1S/C18H25N5O/c1-13(2)18-19-7-6-16(22-18)20-10-15-4-5-17(21-11-15)23-8-9-24-14(3)12-23/h4-7,11,13-14H,8-10,12H2,1-3H3,(H,19,20,22). The summed E-state index contributed by atoms with van der Waals surface area (Å²) in [4.78, 5) is 15.7. The van der Waals surface area contributed by atoms with Crippen molar-refractivity contribution in [2.45, 2.75) is 39.3 Å². The number of hydrogen-bond acceptors (Lipinski definition) is 6. The van der Waals surface area contributed by atoms with Crippen molar-refractivity contribution in [2.24, 2.45) is 0 Å². The quantitative estimate of drug-likeness (QED) is 0.911. The largest absolute Gasteiger partial charge is 0.375 e. The van der Waals surface area contributed by atoms with Gasteiger partial charge in [0.2, 0.25) is 0 Å². The molecule has 1 saturated heterocycles. The van der Waals surface area contributed by atoms with Gasteiger partial charge in [-0.15, -0.1) is 0 Å². The van der Waals surface area contributed by atoms with Crippen molar-refractivity contribution in [3.05, 3.63) is 42.0 Å². The maximum absolute atomic E-state index is 5.58. The van der Waals surface area contributed by atoms with Crippen LogP contribution < -0.4 is 10.2 Å². The normalized spacial score (nSPS) is 18.0. The predicted molar refractivity (Wildman–Crippen MR) is 95.3 cm³/mol. The highest BCUT2D eigenvalue weighted by atomic mass is 16.5. The maximum atomic E-state index is 5.58. The molecule has 1 N–H and O–H groups in total. The Balaban J connectivity index is 1.59. The maximum Gasteiger partial charge on any atom is 0.133 e. The van der Waals surface area contributed by atoms with E-state index in [0.717, 1.165) is 42.7 Å². The summed E-state index contributed by atoms with van der Waals surface area (Å²) in [6, 6.07) is 6.08. The van der Waals surface area contributed by atoms with E-state index < -0.39 is 0 Å². The molecule has 0 saturated carbocycles. The van der Waals surface area contributed by atoms with Gasteiger partial charge in [-0.1, -0.05) is 19.9 Å². The lowest BCUT2D eigenvalue weighted by Crippen LogP contribution is -2.41. The van der Waals surface area contributed by atoms with Gasteiger partial charge in [-0.3, -0.25) is 0 Å². The summed E-state index contributed by atoms with van der Waals surface area (Å²) in [6.07, 6.45) is 3.98. The van der Waals surface area contributed by atoms with Crippen molar-refractivity contribution < 1.29 is 4.74 Å². The summed E-state index contributed by atoms with van der Waals surface area (Å²) in [5, 5.41) is 3.34. The van der Waals surface area contributed by atoms with Crippen LogP contribution in [0.4, 0.5) is 11.6 Å². The SMILES string of the molecule is CC1CN(c2ccc(CNc3ccnc(C(C)C)n3)cn2)CCO1. The molecule has 24 heavy (non-hydrogen) atoms. The first-order valence-corrected chi connectivity index (χ1v) is 8.50. The number of pyridine rings is 1. The summed E-state index contributed by atoms with van der Waals surface area (Å²) < 4.78 is 5.58. The third kappa shape index (κ3) is 4.20. The molecule has 0 spiro atoms. The fourth-order valence-electron chi connectivity index (χ4n) is 2.68. The zero-order valence-electron chi connectivity index (χ0n) is 14.6. The zero-order valence-corrected chi connectivity index (χ0v) is 14.6. The molecule has 128 valence electrons. The third-order valence-corrected chi connectivity index (χ3v) is 4.04. The second-order valence-electron chi connectivity index (χ2n) is 6.46. The lowest BCUT2D eigenvalue weighted by molar-refractivity contribution is 0.0529. The minimum absolute atomic E-state index is 0.259. The van der Waals surface area contributed by atoms with Crippen LogP contribution in [0.1, 0.15) is 38.1 Å². The van der Waals surface area contributed by atoms with Gasteiger partial charge in [-0.05, 0) is 24.6 Å². The van der Waals surface area contributed by atoms with Crippen molar-refractivity contribution >= 4 is 11.6 Å². The van der Waals surface area contributed by atoms with E-state index in [1.807, 2.05) is 12.3 Å². The van der Waals surface area contributed by atoms with Crippen LogP contribution in [0.3, 0.4) is 0 Å². The van der Waals surface area contributed by atoms with Crippen molar-refractivity contribution in [2.75, 3.05) is 29.9 Å². The number of ether oxygens (including phenoxy) is 1. The Labute approximate surface area is 143 Å². The molecule has 3 rings (SSSR count). The lowest BCUT2D eigenvalue weighted by Gasteiger charge is -2.32. The number of aromatic nitrogens is 3. The van der Waals surface area contributed by atoms with Crippen LogP contribution in [0.5, 0.6) is 0 Å². The smallest absolute Gasteiger partial charge is 0.133 e. The number of nitrogens with zero attached hydrogens (tertiary/aromatic N) is 4. The Morgan fingerprint density at radius 1 is 1.29 bits per heavy atom. The van der Waals surface area contributed by atoms with Crippen LogP contribution in [-0.4, -0.2) is 40.8 Å². The van der Waals surface area contributed by atoms with Crippen molar-refractivity contribution in [1.82, 2.24) is 15.0 Å². The topological polar surface area (TPSA) is 63.2 Å². The molecule has 1 aliphatic heterocycles. The van der Waals surface area contributed by atoms with E-state index in [0.29, 0.717) is 12.5 Å². The fourth-order valence-corrected chi connectivity index (χ4v) is 2.68. The average molecular weight is 327 g/mol. The van der Waals surface area contributed by atoms with Crippen molar-refractivity contribution in [3.63, 3.8) is 0 Å². The molecule has 6 nitrogen and oxygen atoms in total. The van der Waals surface area contributed by atoms with Gasteiger partial charge in [0.25, 0.3) is 0 Å². The molecular formula is C18H25N5O. The van der Waals surface area contributed by atoms with E-state index in [1.165, 1.54) is 0 Å². The lowest BCUT2D eigenvalue weighted by atomic mass is 10.2. The van der Waals surface area contributed by atoms with E-state index in [9.17, 15) is 0 Å². The summed E-state index contributed by atoms with van der Waals surface area (Å²) in [7, 11) is 0. The van der Waals surface area contributed by atoms with Gasteiger partial charge in [0.15, 0.2) is 0 Å².